The Morgan fingerprint density at radius 2 is 1.83 bits per heavy atom. The number of fused-ring (bicyclic) bond motifs is 1. The van der Waals surface area contributed by atoms with Gasteiger partial charge in [-0.15, -0.1) is 5.10 Å². The number of carbonyl (C=O) groups is 2. The second kappa shape index (κ2) is 7.78. The maximum absolute atomic E-state index is 12.9. The van der Waals surface area contributed by atoms with E-state index in [4.69, 9.17) is 0 Å². The van der Waals surface area contributed by atoms with Crippen LogP contribution in [-0.2, 0) is 7.05 Å². The van der Waals surface area contributed by atoms with E-state index in [0.29, 0.717) is 17.2 Å². The van der Waals surface area contributed by atoms with Crippen LogP contribution >= 0.6 is 0 Å². The lowest BCUT2D eigenvalue weighted by Crippen LogP contribution is -2.32. The number of hydrogen-bond donors (Lipinski definition) is 2. The van der Waals surface area contributed by atoms with E-state index < -0.39 is 5.91 Å². The fraction of sp³-hybridized carbons (Fsp3) is 0.190. The number of nitrogens with zero attached hydrogens (tertiary/aromatic N) is 5. The quantitative estimate of drug-likeness (QED) is 0.533. The first-order valence-corrected chi connectivity index (χ1v) is 9.48. The first-order chi connectivity index (χ1) is 14.4. The highest BCUT2D eigenvalue weighted by Gasteiger charge is 2.22. The van der Waals surface area contributed by atoms with Gasteiger partial charge in [0.1, 0.15) is 5.69 Å². The monoisotopic (exact) mass is 403 g/mol. The molecule has 30 heavy (non-hydrogen) atoms. The molecule has 3 heterocycles. The molecule has 0 saturated carbocycles. The molecule has 0 spiro atoms. The predicted octanol–water partition coefficient (Wildman–Crippen LogP) is 2.52. The number of anilines is 1. The fourth-order valence-corrected chi connectivity index (χ4v) is 3.07. The number of hydrogen-bond acceptors (Lipinski definition) is 5. The molecule has 4 aromatic rings. The molecular formula is C21H21N7O2. The Hall–Kier alpha value is -4.01. The maximum atomic E-state index is 12.9. The Morgan fingerprint density at radius 3 is 2.57 bits per heavy atom. The minimum atomic E-state index is -0.434. The van der Waals surface area contributed by atoms with Crippen LogP contribution in [0.2, 0.25) is 0 Å². The smallest absolute Gasteiger partial charge is 0.274 e. The minimum absolute atomic E-state index is 0.0530. The molecule has 9 heteroatoms. The molecule has 0 atom stereocenters. The lowest BCUT2D eigenvalue weighted by Gasteiger charge is -2.10. The van der Waals surface area contributed by atoms with Gasteiger partial charge in [0.2, 0.25) is 0 Å². The van der Waals surface area contributed by atoms with E-state index in [1.54, 1.807) is 29.9 Å². The van der Waals surface area contributed by atoms with Gasteiger partial charge >= 0.3 is 0 Å². The summed E-state index contributed by atoms with van der Waals surface area (Å²) in [6.45, 7) is 3.71. The summed E-state index contributed by atoms with van der Waals surface area (Å²) in [7, 11) is 1.62. The van der Waals surface area contributed by atoms with Crippen LogP contribution < -0.4 is 10.6 Å². The number of pyridine rings is 1. The van der Waals surface area contributed by atoms with Crippen molar-refractivity contribution in [3.8, 4) is 11.4 Å². The second-order valence-corrected chi connectivity index (χ2v) is 7.13. The summed E-state index contributed by atoms with van der Waals surface area (Å²) in [5, 5.41) is 14.1. The average Bonchev–Trinajstić information content (AvgIpc) is 3.31. The van der Waals surface area contributed by atoms with E-state index >= 15 is 0 Å². The molecule has 0 aliphatic rings. The Labute approximate surface area is 172 Å². The van der Waals surface area contributed by atoms with Crippen LogP contribution in [0.4, 0.5) is 5.69 Å². The normalized spacial score (nSPS) is 11.1. The van der Waals surface area contributed by atoms with Gasteiger partial charge in [-0.1, -0.05) is 30.3 Å². The van der Waals surface area contributed by atoms with Crippen molar-refractivity contribution in [1.82, 2.24) is 29.7 Å². The lowest BCUT2D eigenvalue weighted by atomic mass is 10.2. The van der Waals surface area contributed by atoms with Gasteiger partial charge in [-0.05, 0) is 19.9 Å². The molecule has 0 aliphatic heterocycles. The van der Waals surface area contributed by atoms with Crippen molar-refractivity contribution in [2.75, 3.05) is 5.32 Å². The molecule has 0 bridgehead atoms. The first-order valence-electron chi connectivity index (χ1n) is 9.48. The van der Waals surface area contributed by atoms with Gasteiger partial charge in [-0.2, -0.15) is 5.10 Å². The van der Waals surface area contributed by atoms with E-state index in [0.717, 1.165) is 5.56 Å². The zero-order chi connectivity index (χ0) is 21.3. The number of benzene rings is 1. The third-order valence-corrected chi connectivity index (χ3v) is 4.45. The van der Waals surface area contributed by atoms with Crippen molar-refractivity contribution >= 4 is 23.1 Å². The maximum Gasteiger partial charge on any atom is 0.274 e. The molecule has 1 aromatic carbocycles. The van der Waals surface area contributed by atoms with Crippen molar-refractivity contribution in [3.05, 3.63) is 66.1 Å². The fourth-order valence-electron chi connectivity index (χ4n) is 3.07. The molecule has 3 aromatic heterocycles. The highest BCUT2D eigenvalue weighted by molar-refractivity contribution is 6.11. The summed E-state index contributed by atoms with van der Waals surface area (Å²) in [5.74, 6) is -0.182. The summed E-state index contributed by atoms with van der Waals surface area (Å²) >= 11 is 0. The topological polar surface area (TPSA) is 106 Å². The molecular weight excluding hydrogens is 382 g/mol. The van der Waals surface area contributed by atoms with Gasteiger partial charge in [-0.25, -0.2) is 9.50 Å². The van der Waals surface area contributed by atoms with E-state index in [9.17, 15) is 9.59 Å². The molecule has 0 unspecified atom stereocenters. The number of nitrogens with one attached hydrogen (secondary N) is 2. The zero-order valence-corrected chi connectivity index (χ0v) is 16.8. The molecule has 0 saturated heterocycles. The van der Waals surface area contributed by atoms with Crippen LogP contribution in [0.15, 0.2) is 54.9 Å². The number of aromatic nitrogens is 5. The molecule has 2 amide bonds. The SMILES string of the molecule is CC(C)NC(=O)c1cnn(C)c1C(=O)Nc1ccn2nc(-c3ccccc3)nc2c1. The summed E-state index contributed by atoms with van der Waals surface area (Å²) in [6, 6.07) is 13.0. The average molecular weight is 403 g/mol. The van der Waals surface area contributed by atoms with Crippen LogP contribution in [0.5, 0.6) is 0 Å². The Bertz CT molecular complexity index is 1220. The van der Waals surface area contributed by atoms with E-state index in [1.807, 2.05) is 44.2 Å². The van der Waals surface area contributed by atoms with Gasteiger partial charge in [0, 0.05) is 36.6 Å². The van der Waals surface area contributed by atoms with Gasteiger partial charge < -0.3 is 10.6 Å². The highest BCUT2D eigenvalue weighted by Crippen LogP contribution is 2.19. The van der Waals surface area contributed by atoms with Crippen molar-refractivity contribution in [2.24, 2.45) is 7.05 Å². The summed E-state index contributed by atoms with van der Waals surface area (Å²) < 4.78 is 3.03. The Morgan fingerprint density at radius 1 is 1.07 bits per heavy atom. The van der Waals surface area contributed by atoms with Crippen LogP contribution in [0.3, 0.4) is 0 Å². The molecule has 0 fully saturated rings. The van der Waals surface area contributed by atoms with Gasteiger partial charge in [0.25, 0.3) is 11.8 Å². The molecule has 2 N–H and O–H groups in total. The first kappa shape index (κ1) is 19.3. The van der Waals surface area contributed by atoms with Crippen molar-refractivity contribution in [1.29, 1.82) is 0 Å². The van der Waals surface area contributed by atoms with Crippen LogP contribution in [0.25, 0.3) is 17.0 Å². The summed E-state index contributed by atoms with van der Waals surface area (Å²) in [4.78, 5) is 29.8. The third-order valence-electron chi connectivity index (χ3n) is 4.45. The van der Waals surface area contributed by atoms with Gasteiger partial charge in [0.05, 0.1) is 11.8 Å². The predicted molar refractivity (Wildman–Crippen MR) is 112 cm³/mol. The highest BCUT2D eigenvalue weighted by atomic mass is 16.2. The van der Waals surface area contributed by atoms with Crippen molar-refractivity contribution < 1.29 is 9.59 Å². The molecule has 9 nitrogen and oxygen atoms in total. The van der Waals surface area contributed by atoms with Gasteiger partial charge in [0.15, 0.2) is 11.5 Å². The van der Waals surface area contributed by atoms with Crippen LogP contribution in [-0.4, -0.2) is 42.2 Å². The number of aryl methyl sites for hydroxylation is 1. The minimum Gasteiger partial charge on any atom is -0.350 e. The molecule has 0 aliphatic carbocycles. The summed E-state index contributed by atoms with van der Waals surface area (Å²) in [6.07, 6.45) is 3.11. The van der Waals surface area contributed by atoms with Crippen LogP contribution in [0.1, 0.15) is 34.7 Å². The molecule has 152 valence electrons. The molecule has 0 radical (unpaired) electrons. The number of rotatable bonds is 5. The Kier molecular flexibility index (Phi) is 5.01. The van der Waals surface area contributed by atoms with Crippen molar-refractivity contribution in [2.45, 2.75) is 19.9 Å². The Balaban J connectivity index is 1.60. The van der Waals surface area contributed by atoms with Crippen molar-refractivity contribution in [3.63, 3.8) is 0 Å². The van der Waals surface area contributed by atoms with E-state index in [2.05, 4.69) is 25.8 Å². The second-order valence-electron chi connectivity index (χ2n) is 7.13. The largest absolute Gasteiger partial charge is 0.350 e. The third kappa shape index (κ3) is 3.77. The lowest BCUT2D eigenvalue weighted by molar-refractivity contribution is 0.0929. The number of carbonyl (C=O) groups excluding carboxylic acids is 2. The molecule has 4 rings (SSSR count). The van der Waals surface area contributed by atoms with E-state index in [-0.39, 0.29) is 23.2 Å². The standard InChI is InChI=1S/C21H21N7O2/c1-13(2)23-20(29)16-12-22-27(3)18(16)21(30)24-15-9-10-28-17(11-15)25-19(26-28)14-7-5-4-6-8-14/h4-13H,1-3H3,(H,23,29)(H,24,30). The zero-order valence-electron chi connectivity index (χ0n) is 16.8. The summed E-state index contributed by atoms with van der Waals surface area (Å²) in [5.41, 5.74) is 2.44. The van der Waals surface area contributed by atoms with E-state index in [1.165, 1.54) is 10.9 Å². The van der Waals surface area contributed by atoms with Gasteiger partial charge in [-0.3, -0.25) is 14.3 Å². The number of amides is 2. The van der Waals surface area contributed by atoms with Crippen LogP contribution in [0, 0.1) is 0 Å².